The average molecular weight is 487 g/mol. The topological polar surface area (TPSA) is 95.8 Å². The van der Waals surface area contributed by atoms with Gasteiger partial charge in [0.15, 0.2) is 0 Å². The number of nitrogens with one attached hydrogen (secondary N) is 1. The summed E-state index contributed by atoms with van der Waals surface area (Å²) in [5.41, 5.74) is 1.15. The highest BCUT2D eigenvalue weighted by atomic mass is 35.5. The Morgan fingerprint density at radius 3 is 2.52 bits per heavy atom. The molecule has 0 bridgehead atoms. The molecule has 1 aromatic heterocycles. The minimum Gasteiger partial charge on any atom is -0.355 e. The Morgan fingerprint density at radius 1 is 1.09 bits per heavy atom. The number of thiophene rings is 1. The molecule has 1 aliphatic rings. The normalized spacial score (nSPS) is 14.4. The van der Waals surface area contributed by atoms with Gasteiger partial charge in [0, 0.05) is 54.9 Å². The van der Waals surface area contributed by atoms with Crippen LogP contribution >= 0.6 is 22.9 Å². The van der Waals surface area contributed by atoms with Gasteiger partial charge in [-0.05, 0) is 18.1 Å². The number of nitro benzene ring substituents is 1. The molecule has 0 radical (unpaired) electrons. The van der Waals surface area contributed by atoms with Gasteiger partial charge in [0.05, 0.1) is 16.5 Å². The first kappa shape index (κ1) is 23.2. The van der Waals surface area contributed by atoms with E-state index in [4.69, 9.17) is 11.6 Å². The number of fused-ring (bicyclic) bond motifs is 1. The fraction of sp³-hybridized carbons (Fsp3) is 0.304. The summed E-state index contributed by atoms with van der Waals surface area (Å²) in [5, 5.41) is 14.9. The highest BCUT2D eigenvalue weighted by molar-refractivity contribution is 7.21. The van der Waals surface area contributed by atoms with Gasteiger partial charge in [0.2, 0.25) is 5.91 Å². The van der Waals surface area contributed by atoms with Crippen molar-refractivity contribution in [2.75, 3.05) is 39.3 Å². The first-order valence-corrected chi connectivity index (χ1v) is 11.8. The zero-order chi connectivity index (χ0) is 23.4. The number of carbonyl (C=O) groups is 2. The lowest BCUT2D eigenvalue weighted by Gasteiger charge is -2.34. The van der Waals surface area contributed by atoms with Gasteiger partial charge in [0.1, 0.15) is 4.88 Å². The van der Waals surface area contributed by atoms with Crippen LogP contribution in [0.15, 0.2) is 48.5 Å². The number of hydrogen-bond donors (Lipinski definition) is 1. The summed E-state index contributed by atoms with van der Waals surface area (Å²) in [6, 6.07) is 14.4. The van der Waals surface area contributed by atoms with Gasteiger partial charge in [-0.3, -0.25) is 24.6 Å². The Labute approximate surface area is 199 Å². The fourth-order valence-electron chi connectivity index (χ4n) is 3.81. The SMILES string of the molecule is O=C(CN1CCN(C(=O)c2sc3cc([N+](=O)[O-])ccc3c2Cl)CC1)NCCc1ccccc1. The molecule has 0 atom stereocenters. The largest absolute Gasteiger partial charge is 0.355 e. The van der Waals surface area contributed by atoms with Crippen LogP contribution < -0.4 is 5.32 Å². The number of nitrogens with zero attached hydrogens (tertiary/aromatic N) is 3. The van der Waals surface area contributed by atoms with Gasteiger partial charge in [0.25, 0.3) is 11.6 Å². The van der Waals surface area contributed by atoms with E-state index < -0.39 is 4.92 Å². The molecule has 1 aliphatic heterocycles. The molecular weight excluding hydrogens is 464 g/mol. The summed E-state index contributed by atoms with van der Waals surface area (Å²) < 4.78 is 0.614. The molecule has 3 aromatic rings. The quantitative estimate of drug-likeness (QED) is 0.407. The molecule has 10 heteroatoms. The molecule has 0 saturated carbocycles. The first-order chi connectivity index (χ1) is 15.9. The number of piperazine rings is 1. The van der Waals surface area contributed by atoms with Crippen molar-refractivity contribution in [2.24, 2.45) is 0 Å². The maximum atomic E-state index is 13.0. The van der Waals surface area contributed by atoms with Crippen molar-refractivity contribution >= 4 is 50.5 Å². The lowest BCUT2D eigenvalue weighted by Crippen LogP contribution is -2.51. The van der Waals surface area contributed by atoms with E-state index in [1.165, 1.54) is 29.0 Å². The number of halogens is 1. The van der Waals surface area contributed by atoms with Crippen molar-refractivity contribution in [1.29, 1.82) is 0 Å². The molecule has 2 aromatic carbocycles. The highest BCUT2D eigenvalue weighted by Crippen LogP contribution is 2.38. The van der Waals surface area contributed by atoms with Crippen LogP contribution in [0.25, 0.3) is 10.1 Å². The van der Waals surface area contributed by atoms with Crippen LogP contribution in [-0.2, 0) is 11.2 Å². The predicted octanol–water partition coefficient (Wildman–Crippen LogP) is 3.58. The summed E-state index contributed by atoms with van der Waals surface area (Å²) in [6.45, 7) is 3.04. The van der Waals surface area contributed by atoms with Crippen molar-refractivity contribution in [3.8, 4) is 0 Å². The third-order valence-electron chi connectivity index (χ3n) is 5.62. The van der Waals surface area contributed by atoms with Gasteiger partial charge in [-0.15, -0.1) is 11.3 Å². The van der Waals surface area contributed by atoms with Gasteiger partial charge < -0.3 is 10.2 Å². The summed E-state index contributed by atoms with van der Waals surface area (Å²) in [4.78, 5) is 40.0. The van der Waals surface area contributed by atoms with Gasteiger partial charge in [-0.1, -0.05) is 41.9 Å². The summed E-state index contributed by atoms with van der Waals surface area (Å²) in [6.07, 6.45) is 0.786. The van der Waals surface area contributed by atoms with Crippen LogP contribution in [0, 0.1) is 10.1 Å². The van der Waals surface area contributed by atoms with Crippen molar-refractivity contribution in [3.63, 3.8) is 0 Å². The summed E-state index contributed by atoms with van der Waals surface area (Å²) in [5.74, 6) is -0.212. The fourth-order valence-corrected chi connectivity index (χ4v) is 5.32. The number of benzene rings is 2. The van der Waals surface area contributed by atoms with E-state index >= 15 is 0 Å². The van der Waals surface area contributed by atoms with Crippen molar-refractivity contribution in [2.45, 2.75) is 6.42 Å². The smallest absolute Gasteiger partial charge is 0.270 e. The number of rotatable bonds is 7. The van der Waals surface area contributed by atoms with E-state index in [1.54, 1.807) is 11.0 Å². The second-order valence-electron chi connectivity index (χ2n) is 7.84. The molecule has 2 amide bonds. The number of amides is 2. The average Bonchev–Trinajstić information content (AvgIpc) is 3.15. The Hall–Kier alpha value is -3.01. The highest BCUT2D eigenvalue weighted by Gasteiger charge is 2.27. The Morgan fingerprint density at radius 2 is 1.82 bits per heavy atom. The molecule has 1 N–H and O–H groups in total. The monoisotopic (exact) mass is 486 g/mol. The molecule has 2 heterocycles. The van der Waals surface area contributed by atoms with Gasteiger partial charge >= 0.3 is 0 Å². The Balaban J connectivity index is 1.28. The summed E-state index contributed by atoms with van der Waals surface area (Å²) >= 11 is 7.59. The molecule has 4 rings (SSSR count). The van der Waals surface area contributed by atoms with Gasteiger partial charge in [-0.25, -0.2) is 0 Å². The van der Waals surface area contributed by atoms with Crippen LogP contribution in [0.1, 0.15) is 15.2 Å². The molecule has 0 unspecified atom stereocenters. The second kappa shape index (κ2) is 10.3. The zero-order valence-electron chi connectivity index (χ0n) is 17.8. The number of hydrogen-bond acceptors (Lipinski definition) is 6. The minimum absolute atomic E-state index is 0.0279. The van der Waals surface area contributed by atoms with E-state index in [0.29, 0.717) is 59.3 Å². The minimum atomic E-state index is -0.467. The van der Waals surface area contributed by atoms with Crippen molar-refractivity contribution < 1.29 is 14.5 Å². The van der Waals surface area contributed by atoms with E-state index in [2.05, 4.69) is 5.32 Å². The zero-order valence-corrected chi connectivity index (χ0v) is 19.4. The molecule has 1 saturated heterocycles. The van der Waals surface area contributed by atoms with Crippen LogP contribution in [0.4, 0.5) is 5.69 Å². The third-order valence-corrected chi connectivity index (χ3v) is 7.27. The maximum Gasteiger partial charge on any atom is 0.270 e. The van der Waals surface area contributed by atoms with Crippen molar-refractivity contribution in [1.82, 2.24) is 15.1 Å². The van der Waals surface area contributed by atoms with Crippen LogP contribution in [0.2, 0.25) is 5.02 Å². The van der Waals surface area contributed by atoms with E-state index in [1.807, 2.05) is 35.2 Å². The lowest BCUT2D eigenvalue weighted by atomic mass is 10.1. The molecular formula is C23H23ClN4O4S. The van der Waals surface area contributed by atoms with Crippen LogP contribution in [0.5, 0.6) is 0 Å². The van der Waals surface area contributed by atoms with E-state index in [0.717, 1.165) is 6.42 Å². The summed E-state index contributed by atoms with van der Waals surface area (Å²) in [7, 11) is 0. The Bertz CT molecular complexity index is 1180. The molecule has 8 nitrogen and oxygen atoms in total. The Kier molecular flexibility index (Phi) is 7.22. The number of nitro groups is 1. The molecule has 0 spiro atoms. The molecule has 33 heavy (non-hydrogen) atoms. The standard InChI is InChI=1S/C23H23ClN4O4S/c24-21-18-7-6-17(28(31)32)14-19(18)33-22(21)23(30)27-12-10-26(11-13-27)15-20(29)25-9-8-16-4-2-1-3-5-16/h1-7,14H,8-13,15H2,(H,25,29). The predicted molar refractivity (Wildman–Crippen MR) is 129 cm³/mol. The maximum absolute atomic E-state index is 13.0. The van der Waals surface area contributed by atoms with E-state index in [-0.39, 0.29) is 17.5 Å². The van der Waals surface area contributed by atoms with E-state index in [9.17, 15) is 19.7 Å². The third kappa shape index (κ3) is 5.50. The van der Waals surface area contributed by atoms with Crippen LogP contribution in [-0.4, -0.2) is 65.8 Å². The number of carbonyl (C=O) groups excluding carboxylic acids is 2. The number of non-ortho nitro benzene ring substituents is 1. The van der Waals surface area contributed by atoms with Crippen LogP contribution in [0.3, 0.4) is 0 Å². The van der Waals surface area contributed by atoms with Crippen molar-refractivity contribution in [3.05, 3.63) is 74.1 Å². The first-order valence-electron chi connectivity index (χ1n) is 10.6. The second-order valence-corrected chi connectivity index (χ2v) is 9.27. The molecule has 1 fully saturated rings. The molecule has 0 aliphatic carbocycles. The lowest BCUT2D eigenvalue weighted by molar-refractivity contribution is -0.384. The van der Waals surface area contributed by atoms with Gasteiger partial charge in [-0.2, -0.15) is 0 Å². The molecule has 172 valence electrons.